The van der Waals surface area contributed by atoms with Gasteiger partial charge in [0.15, 0.2) is 0 Å². The normalized spacial score (nSPS) is 17.2. The van der Waals surface area contributed by atoms with Crippen LogP contribution >= 0.6 is 15.9 Å². The molecule has 0 bridgehead atoms. The molecular formula is C17H17BrFNO. The number of hydrogen-bond donors (Lipinski definition) is 1. The van der Waals surface area contributed by atoms with Crippen molar-refractivity contribution in [2.45, 2.75) is 25.3 Å². The van der Waals surface area contributed by atoms with Crippen molar-refractivity contribution in [1.29, 1.82) is 0 Å². The first-order valence-corrected chi connectivity index (χ1v) is 7.65. The summed E-state index contributed by atoms with van der Waals surface area (Å²) in [4.78, 5) is 0. The van der Waals surface area contributed by atoms with Gasteiger partial charge < -0.3 is 10.5 Å². The Hall–Kier alpha value is -1.39. The summed E-state index contributed by atoms with van der Waals surface area (Å²) >= 11 is 3.20. The van der Waals surface area contributed by atoms with Crippen molar-refractivity contribution in [2.75, 3.05) is 6.61 Å². The average Bonchev–Trinajstić information content (AvgIpc) is 2.76. The van der Waals surface area contributed by atoms with Gasteiger partial charge >= 0.3 is 0 Å². The molecular weight excluding hydrogens is 333 g/mol. The molecule has 3 rings (SSSR count). The lowest BCUT2D eigenvalue weighted by Crippen LogP contribution is -2.19. The molecule has 0 aliphatic carbocycles. The van der Waals surface area contributed by atoms with Crippen LogP contribution in [0.15, 0.2) is 40.9 Å². The summed E-state index contributed by atoms with van der Waals surface area (Å²) in [6.07, 6.45) is 0. The van der Waals surface area contributed by atoms with E-state index < -0.39 is 0 Å². The van der Waals surface area contributed by atoms with Crippen molar-refractivity contribution in [3.8, 4) is 5.75 Å². The second-order valence-corrected chi connectivity index (χ2v) is 6.93. The highest BCUT2D eigenvalue weighted by molar-refractivity contribution is 9.10. The van der Waals surface area contributed by atoms with Crippen LogP contribution < -0.4 is 10.5 Å². The molecule has 4 heteroatoms. The Morgan fingerprint density at radius 3 is 2.57 bits per heavy atom. The molecule has 0 spiro atoms. The van der Waals surface area contributed by atoms with E-state index in [9.17, 15) is 4.39 Å². The zero-order valence-electron chi connectivity index (χ0n) is 12.0. The number of halogens is 2. The number of fused-ring (bicyclic) bond motifs is 1. The van der Waals surface area contributed by atoms with Gasteiger partial charge in [-0.3, -0.25) is 0 Å². The van der Waals surface area contributed by atoms with Crippen LogP contribution in [0.1, 0.15) is 36.6 Å². The number of benzene rings is 2. The minimum Gasteiger partial charge on any atom is -0.492 e. The lowest BCUT2D eigenvalue weighted by atomic mass is 9.85. The van der Waals surface area contributed by atoms with E-state index in [1.807, 2.05) is 12.1 Å². The zero-order chi connectivity index (χ0) is 15.2. The lowest BCUT2D eigenvalue weighted by molar-refractivity contribution is 0.291. The van der Waals surface area contributed by atoms with E-state index in [-0.39, 0.29) is 17.3 Å². The van der Waals surface area contributed by atoms with Crippen molar-refractivity contribution >= 4 is 15.9 Å². The van der Waals surface area contributed by atoms with Gasteiger partial charge in [-0.2, -0.15) is 0 Å². The first-order valence-electron chi connectivity index (χ1n) is 6.86. The van der Waals surface area contributed by atoms with Crippen LogP contribution in [0, 0.1) is 5.82 Å². The van der Waals surface area contributed by atoms with E-state index in [4.69, 9.17) is 10.5 Å². The molecule has 1 aliphatic rings. The zero-order valence-corrected chi connectivity index (χ0v) is 13.6. The Morgan fingerprint density at radius 2 is 1.86 bits per heavy atom. The number of ether oxygens (including phenoxy) is 1. The maximum atomic E-state index is 13.3. The molecule has 0 saturated heterocycles. The summed E-state index contributed by atoms with van der Waals surface area (Å²) in [5, 5.41) is 0. The van der Waals surface area contributed by atoms with Gasteiger partial charge in [-0.15, -0.1) is 0 Å². The van der Waals surface area contributed by atoms with Crippen LogP contribution in [0.2, 0.25) is 0 Å². The van der Waals surface area contributed by atoms with E-state index in [0.29, 0.717) is 11.1 Å². The van der Waals surface area contributed by atoms with Crippen LogP contribution in [0.3, 0.4) is 0 Å². The molecule has 21 heavy (non-hydrogen) atoms. The summed E-state index contributed by atoms with van der Waals surface area (Å²) in [5.41, 5.74) is 9.39. The largest absolute Gasteiger partial charge is 0.492 e. The lowest BCUT2D eigenvalue weighted by Gasteiger charge is -2.18. The molecule has 1 atom stereocenters. The Labute approximate surface area is 132 Å². The van der Waals surface area contributed by atoms with Crippen molar-refractivity contribution in [3.63, 3.8) is 0 Å². The van der Waals surface area contributed by atoms with Gasteiger partial charge in [0.25, 0.3) is 0 Å². The van der Waals surface area contributed by atoms with E-state index in [1.54, 1.807) is 12.1 Å². The van der Waals surface area contributed by atoms with Gasteiger partial charge in [-0.05, 0) is 51.3 Å². The first-order chi connectivity index (χ1) is 9.88. The van der Waals surface area contributed by atoms with Crippen molar-refractivity contribution in [3.05, 3.63) is 63.4 Å². The Balaban J connectivity index is 1.99. The number of rotatable bonds is 2. The van der Waals surface area contributed by atoms with Gasteiger partial charge in [0.05, 0.1) is 17.1 Å². The van der Waals surface area contributed by atoms with Crippen molar-refractivity contribution in [2.24, 2.45) is 5.73 Å². The molecule has 0 aromatic heterocycles. The highest BCUT2D eigenvalue weighted by Gasteiger charge is 2.32. The van der Waals surface area contributed by atoms with Crippen molar-refractivity contribution in [1.82, 2.24) is 0 Å². The van der Waals surface area contributed by atoms with E-state index in [0.717, 1.165) is 16.9 Å². The third-order valence-corrected chi connectivity index (χ3v) is 4.59. The molecule has 2 aromatic rings. The second-order valence-electron chi connectivity index (χ2n) is 6.08. The SMILES string of the molecule is CC1(C)COc2ccc(C(N)c3ccc(F)c(Br)c3)cc21. The van der Waals surface area contributed by atoms with Crippen LogP contribution in [0.4, 0.5) is 4.39 Å². The minimum absolute atomic E-state index is 0.00551. The minimum atomic E-state index is -0.288. The highest BCUT2D eigenvalue weighted by atomic mass is 79.9. The maximum absolute atomic E-state index is 13.3. The molecule has 2 aromatic carbocycles. The second kappa shape index (κ2) is 5.11. The monoisotopic (exact) mass is 349 g/mol. The summed E-state index contributed by atoms with van der Waals surface area (Å²) < 4.78 is 19.5. The summed E-state index contributed by atoms with van der Waals surface area (Å²) in [5.74, 6) is 0.644. The fourth-order valence-corrected chi connectivity index (χ4v) is 3.03. The van der Waals surface area contributed by atoms with E-state index in [2.05, 4.69) is 35.8 Å². The summed E-state index contributed by atoms with van der Waals surface area (Å²) in [7, 11) is 0. The summed E-state index contributed by atoms with van der Waals surface area (Å²) in [6, 6.07) is 10.6. The van der Waals surface area contributed by atoms with E-state index >= 15 is 0 Å². The van der Waals surface area contributed by atoms with Gasteiger partial charge in [-0.1, -0.05) is 26.0 Å². The molecule has 0 amide bonds. The predicted molar refractivity (Wildman–Crippen MR) is 85.1 cm³/mol. The maximum Gasteiger partial charge on any atom is 0.137 e. The fourth-order valence-electron chi connectivity index (χ4n) is 2.63. The first kappa shape index (κ1) is 14.5. The predicted octanol–water partition coefficient (Wildman–Crippen LogP) is 4.31. The molecule has 0 saturated carbocycles. The smallest absolute Gasteiger partial charge is 0.137 e. The van der Waals surface area contributed by atoms with Gasteiger partial charge in [0.2, 0.25) is 0 Å². The molecule has 1 aliphatic heterocycles. The van der Waals surface area contributed by atoms with Crippen LogP contribution in [0.5, 0.6) is 5.75 Å². The molecule has 1 heterocycles. The quantitative estimate of drug-likeness (QED) is 0.876. The topological polar surface area (TPSA) is 35.2 Å². The third kappa shape index (κ3) is 2.58. The number of nitrogens with two attached hydrogens (primary N) is 1. The molecule has 110 valence electrons. The Kier molecular flexibility index (Phi) is 3.54. The Bertz CT molecular complexity index is 699. The molecule has 0 fully saturated rings. The molecule has 2 nitrogen and oxygen atoms in total. The van der Waals surface area contributed by atoms with Gasteiger partial charge in [0, 0.05) is 11.0 Å². The van der Waals surface area contributed by atoms with E-state index in [1.165, 1.54) is 11.6 Å². The van der Waals surface area contributed by atoms with Crippen LogP contribution in [-0.4, -0.2) is 6.61 Å². The van der Waals surface area contributed by atoms with Crippen LogP contribution in [-0.2, 0) is 5.41 Å². The summed E-state index contributed by atoms with van der Waals surface area (Å²) in [6.45, 7) is 4.99. The Morgan fingerprint density at radius 1 is 1.19 bits per heavy atom. The fraction of sp³-hybridized carbons (Fsp3) is 0.294. The van der Waals surface area contributed by atoms with Gasteiger partial charge in [0.1, 0.15) is 11.6 Å². The average molecular weight is 350 g/mol. The van der Waals surface area contributed by atoms with Gasteiger partial charge in [-0.25, -0.2) is 4.39 Å². The van der Waals surface area contributed by atoms with Crippen molar-refractivity contribution < 1.29 is 9.13 Å². The number of hydrogen-bond acceptors (Lipinski definition) is 2. The molecule has 2 N–H and O–H groups in total. The standard InChI is InChI=1S/C17H17BrFNO/c1-17(2)9-21-15-6-4-10(7-12(15)17)16(20)11-3-5-14(19)13(18)8-11/h3-8,16H,9,20H2,1-2H3. The molecule has 0 radical (unpaired) electrons. The highest BCUT2D eigenvalue weighted by Crippen LogP contribution is 2.40. The molecule has 1 unspecified atom stereocenters. The third-order valence-electron chi connectivity index (χ3n) is 3.98. The van der Waals surface area contributed by atoms with Crippen LogP contribution in [0.25, 0.3) is 0 Å².